The van der Waals surface area contributed by atoms with Crippen LogP contribution in [0.15, 0.2) is 24.3 Å². The largest absolute Gasteiger partial charge is 0.341 e. The van der Waals surface area contributed by atoms with Gasteiger partial charge in [-0.2, -0.15) is 0 Å². The Labute approximate surface area is 134 Å². The van der Waals surface area contributed by atoms with Crippen molar-refractivity contribution in [3.8, 4) is 0 Å². The van der Waals surface area contributed by atoms with Crippen molar-refractivity contribution in [3.63, 3.8) is 0 Å². The van der Waals surface area contributed by atoms with Crippen LogP contribution in [0.5, 0.6) is 0 Å². The quantitative estimate of drug-likeness (QED) is 0.929. The van der Waals surface area contributed by atoms with Crippen molar-refractivity contribution in [2.45, 2.75) is 45.6 Å². The second-order valence-corrected chi connectivity index (χ2v) is 6.08. The van der Waals surface area contributed by atoms with Gasteiger partial charge in [-0.25, -0.2) is 0 Å². The van der Waals surface area contributed by atoms with Gasteiger partial charge in [-0.1, -0.05) is 29.8 Å². The van der Waals surface area contributed by atoms with Gasteiger partial charge in [-0.3, -0.25) is 4.79 Å². The van der Waals surface area contributed by atoms with Gasteiger partial charge in [-0.05, 0) is 51.0 Å². The molecular weight excluding hydrogens is 284 g/mol. The van der Waals surface area contributed by atoms with Crippen molar-refractivity contribution in [2.75, 3.05) is 13.1 Å². The summed E-state index contributed by atoms with van der Waals surface area (Å²) in [6.45, 7) is 5.64. The zero-order valence-electron chi connectivity index (χ0n) is 13.0. The molecule has 0 bridgehead atoms. The smallest absolute Gasteiger partial charge is 0.239 e. The number of aryl methyl sites for hydroxylation is 2. The monoisotopic (exact) mass is 310 g/mol. The molecule has 0 unspecified atom stereocenters. The van der Waals surface area contributed by atoms with Gasteiger partial charge in [-0.15, -0.1) is 12.4 Å². The van der Waals surface area contributed by atoms with Gasteiger partial charge in [0.1, 0.15) is 0 Å². The number of hydrogen-bond acceptors (Lipinski definition) is 2. The summed E-state index contributed by atoms with van der Waals surface area (Å²) in [6, 6.07) is 8.45. The predicted molar refractivity (Wildman–Crippen MR) is 89.7 cm³/mol. The van der Waals surface area contributed by atoms with E-state index in [1.807, 2.05) is 4.90 Å². The highest BCUT2D eigenvalue weighted by Gasteiger charge is 2.24. The third kappa shape index (κ3) is 5.33. The molecule has 1 fully saturated rings. The molecule has 0 saturated carbocycles. The maximum absolute atomic E-state index is 11.8. The summed E-state index contributed by atoms with van der Waals surface area (Å²) >= 11 is 0. The van der Waals surface area contributed by atoms with Crippen LogP contribution in [-0.2, 0) is 11.2 Å². The molecule has 1 aliphatic heterocycles. The highest BCUT2D eigenvalue weighted by atomic mass is 35.5. The SMILES string of the molecule is Cc1ccc(CCC2CCN(C(=O)[C@@H](C)N)CC2)cc1.Cl. The average molecular weight is 311 g/mol. The molecule has 2 N–H and O–H groups in total. The number of carbonyl (C=O) groups is 1. The Morgan fingerprint density at radius 2 is 1.86 bits per heavy atom. The van der Waals surface area contributed by atoms with Crippen LogP contribution >= 0.6 is 12.4 Å². The summed E-state index contributed by atoms with van der Waals surface area (Å²) in [6.07, 6.45) is 4.60. The van der Waals surface area contributed by atoms with E-state index in [9.17, 15) is 4.79 Å². The summed E-state index contributed by atoms with van der Waals surface area (Å²) in [5.74, 6) is 0.843. The van der Waals surface area contributed by atoms with Gasteiger partial charge in [0, 0.05) is 13.1 Å². The molecule has 1 heterocycles. The van der Waals surface area contributed by atoms with Crippen LogP contribution in [0, 0.1) is 12.8 Å². The van der Waals surface area contributed by atoms with Crippen molar-refractivity contribution in [1.29, 1.82) is 0 Å². The van der Waals surface area contributed by atoms with Crippen LogP contribution in [0.2, 0.25) is 0 Å². The summed E-state index contributed by atoms with van der Waals surface area (Å²) in [5, 5.41) is 0. The van der Waals surface area contributed by atoms with Crippen molar-refractivity contribution in [1.82, 2.24) is 4.90 Å². The molecule has 3 nitrogen and oxygen atoms in total. The lowest BCUT2D eigenvalue weighted by molar-refractivity contribution is -0.133. The van der Waals surface area contributed by atoms with Crippen LogP contribution in [0.3, 0.4) is 0 Å². The molecule has 4 heteroatoms. The zero-order valence-corrected chi connectivity index (χ0v) is 13.9. The van der Waals surface area contributed by atoms with E-state index >= 15 is 0 Å². The molecule has 2 rings (SSSR count). The van der Waals surface area contributed by atoms with E-state index in [1.165, 1.54) is 17.5 Å². The predicted octanol–water partition coefficient (Wildman–Crippen LogP) is 2.94. The summed E-state index contributed by atoms with van der Waals surface area (Å²) in [5.41, 5.74) is 8.39. The molecule has 0 aromatic heterocycles. The topological polar surface area (TPSA) is 46.3 Å². The number of piperidine rings is 1. The Hall–Kier alpha value is -1.06. The fraction of sp³-hybridized carbons (Fsp3) is 0.588. The first-order valence-corrected chi connectivity index (χ1v) is 7.66. The Kier molecular flexibility index (Phi) is 7.20. The van der Waals surface area contributed by atoms with E-state index in [-0.39, 0.29) is 24.4 Å². The van der Waals surface area contributed by atoms with Crippen LogP contribution in [0.25, 0.3) is 0 Å². The number of likely N-dealkylation sites (tertiary alicyclic amines) is 1. The molecule has 21 heavy (non-hydrogen) atoms. The number of rotatable bonds is 4. The number of nitrogens with two attached hydrogens (primary N) is 1. The molecule has 1 aliphatic rings. The lowest BCUT2D eigenvalue weighted by atomic mass is 9.90. The Balaban J connectivity index is 0.00000220. The highest BCUT2D eigenvalue weighted by Crippen LogP contribution is 2.22. The van der Waals surface area contributed by atoms with Gasteiger partial charge >= 0.3 is 0 Å². The van der Waals surface area contributed by atoms with E-state index in [1.54, 1.807) is 6.92 Å². The van der Waals surface area contributed by atoms with Gasteiger partial charge in [0.05, 0.1) is 6.04 Å². The summed E-state index contributed by atoms with van der Waals surface area (Å²) < 4.78 is 0. The summed E-state index contributed by atoms with van der Waals surface area (Å²) in [4.78, 5) is 13.7. The summed E-state index contributed by atoms with van der Waals surface area (Å²) in [7, 11) is 0. The highest BCUT2D eigenvalue weighted by molar-refractivity contribution is 5.85. The van der Waals surface area contributed by atoms with Gasteiger partial charge < -0.3 is 10.6 Å². The number of halogens is 1. The zero-order chi connectivity index (χ0) is 14.5. The molecule has 1 amide bonds. The number of hydrogen-bond donors (Lipinski definition) is 1. The molecule has 1 aromatic carbocycles. The molecule has 118 valence electrons. The van der Waals surface area contributed by atoms with Crippen molar-refractivity contribution >= 4 is 18.3 Å². The molecule has 1 saturated heterocycles. The van der Waals surface area contributed by atoms with Crippen molar-refractivity contribution in [2.24, 2.45) is 11.7 Å². The minimum Gasteiger partial charge on any atom is -0.341 e. The van der Waals surface area contributed by atoms with Crippen LogP contribution in [0.1, 0.15) is 37.3 Å². The molecule has 0 aliphatic carbocycles. The average Bonchev–Trinajstić information content (AvgIpc) is 2.46. The number of amides is 1. The number of benzene rings is 1. The lowest BCUT2D eigenvalue weighted by Gasteiger charge is -2.33. The van der Waals surface area contributed by atoms with Crippen LogP contribution in [0.4, 0.5) is 0 Å². The fourth-order valence-electron chi connectivity index (χ4n) is 2.86. The van der Waals surface area contributed by atoms with Gasteiger partial charge in [0.25, 0.3) is 0 Å². The van der Waals surface area contributed by atoms with Crippen molar-refractivity contribution in [3.05, 3.63) is 35.4 Å². The number of nitrogens with zero attached hydrogens (tertiary/aromatic N) is 1. The van der Waals surface area contributed by atoms with Gasteiger partial charge in [0.15, 0.2) is 0 Å². The van der Waals surface area contributed by atoms with E-state index in [4.69, 9.17) is 5.73 Å². The van der Waals surface area contributed by atoms with E-state index in [0.29, 0.717) is 0 Å². The van der Waals surface area contributed by atoms with E-state index < -0.39 is 0 Å². The van der Waals surface area contributed by atoms with Crippen molar-refractivity contribution < 1.29 is 4.79 Å². The normalized spacial score (nSPS) is 17.2. The maximum Gasteiger partial charge on any atom is 0.239 e. The Morgan fingerprint density at radius 1 is 1.29 bits per heavy atom. The Morgan fingerprint density at radius 3 is 2.38 bits per heavy atom. The van der Waals surface area contributed by atoms with Crippen LogP contribution in [-0.4, -0.2) is 29.9 Å². The minimum atomic E-state index is -0.362. The lowest BCUT2D eigenvalue weighted by Crippen LogP contribution is -2.45. The second kappa shape index (κ2) is 8.40. The van der Waals surface area contributed by atoms with Gasteiger partial charge in [0.2, 0.25) is 5.91 Å². The fourth-order valence-corrected chi connectivity index (χ4v) is 2.86. The molecule has 0 spiro atoms. The maximum atomic E-state index is 11.8. The first-order chi connectivity index (χ1) is 9.56. The van der Waals surface area contributed by atoms with Crippen LogP contribution < -0.4 is 5.73 Å². The standard InChI is InChI=1S/C17H26N2O.ClH/c1-13-3-5-15(6-4-13)7-8-16-9-11-19(12-10-16)17(20)14(2)18;/h3-6,14,16H,7-12,18H2,1-2H3;1H/t14-;/m1./s1. The third-order valence-corrected chi connectivity index (χ3v) is 4.28. The second-order valence-electron chi connectivity index (χ2n) is 6.08. The molecular formula is C17H27ClN2O. The molecule has 1 atom stereocenters. The third-order valence-electron chi connectivity index (χ3n) is 4.28. The number of carbonyl (C=O) groups excluding carboxylic acids is 1. The minimum absolute atomic E-state index is 0. The Bertz CT molecular complexity index is 437. The molecule has 0 radical (unpaired) electrons. The first kappa shape index (κ1) is 18.0. The first-order valence-electron chi connectivity index (χ1n) is 7.66. The van der Waals surface area contributed by atoms with E-state index in [2.05, 4.69) is 31.2 Å². The molecule has 1 aromatic rings. The van der Waals surface area contributed by atoms with E-state index in [0.717, 1.165) is 38.3 Å².